The van der Waals surface area contributed by atoms with Crippen LogP contribution in [0.2, 0.25) is 0 Å². The minimum atomic E-state index is -1.59. The van der Waals surface area contributed by atoms with Crippen molar-refractivity contribution in [2.45, 2.75) is 13.2 Å². The summed E-state index contributed by atoms with van der Waals surface area (Å²) in [7, 11) is 0. The second-order valence-electron chi connectivity index (χ2n) is 1.07. The van der Waals surface area contributed by atoms with E-state index < -0.39 is 12.4 Å². The van der Waals surface area contributed by atoms with Crippen molar-refractivity contribution >= 4 is 6.16 Å². The maximum absolute atomic E-state index is 9.40. The van der Waals surface area contributed by atoms with Gasteiger partial charge >= 0.3 is 29.6 Å². The van der Waals surface area contributed by atoms with Gasteiger partial charge in [0.05, 0.1) is 6.23 Å². The van der Waals surface area contributed by atoms with Gasteiger partial charge in [-0.1, -0.05) is 0 Å². The molecule has 0 rings (SSSR count). The van der Waals surface area contributed by atoms with Gasteiger partial charge in [-0.25, -0.2) is 0 Å². The van der Waals surface area contributed by atoms with E-state index in [4.69, 9.17) is 5.73 Å². The molecule has 42 valence electrons. The molecule has 0 spiro atoms. The van der Waals surface area contributed by atoms with Crippen molar-refractivity contribution in [3.05, 3.63) is 0 Å². The normalized spacial score (nSPS) is 11.2. The molecular formula is C3H6NNaO3. The first-order valence-electron chi connectivity index (χ1n) is 1.76. The molecule has 0 fully saturated rings. The third kappa shape index (κ3) is 9.52. The van der Waals surface area contributed by atoms with Crippen molar-refractivity contribution in [2.24, 2.45) is 5.73 Å². The molecule has 5 heteroatoms. The van der Waals surface area contributed by atoms with Crippen molar-refractivity contribution < 1.29 is 44.2 Å². The van der Waals surface area contributed by atoms with E-state index in [-0.39, 0.29) is 29.6 Å². The van der Waals surface area contributed by atoms with Crippen LogP contribution < -0.4 is 40.4 Å². The zero-order chi connectivity index (χ0) is 5.86. The predicted molar refractivity (Wildman–Crippen MR) is 20.1 cm³/mol. The number of carbonyl (C=O) groups is 1. The van der Waals surface area contributed by atoms with Crippen molar-refractivity contribution in [2.75, 3.05) is 0 Å². The van der Waals surface area contributed by atoms with Gasteiger partial charge in [0.1, 0.15) is 0 Å². The molecular weight excluding hydrogens is 121 g/mol. The van der Waals surface area contributed by atoms with Gasteiger partial charge in [-0.15, -0.1) is 0 Å². The summed E-state index contributed by atoms with van der Waals surface area (Å²) in [6.45, 7) is 1.40. The quantitative estimate of drug-likeness (QED) is 0.219. The molecule has 0 aromatic heterocycles. The van der Waals surface area contributed by atoms with Crippen LogP contribution in [0.5, 0.6) is 0 Å². The fraction of sp³-hybridized carbons (Fsp3) is 0.667. The van der Waals surface area contributed by atoms with E-state index in [1.165, 1.54) is 6.92 Å². The molecule has 0 heterocycles. The smallest absolute Gasteiger partial charge is 0.532 e. The molecule has 0 amide bonds. The Morgan fingerprint density at radius 1 is 1.88 bits per heavy atom. The second kappa shape index (κ2) is 5.37. The number of nitrogens with two attached hydrogens (primary N) is 1. The minimum Gasteiger partial charge on any atom is -0.532 e. The summed E-state index contributed by atoms with van der Waals surface area (Å²) in [5.41, 5.74) is 4.85. The molecule has 8 heavy (non-hydrogen) atoms. The average molecular weight is 127 g/mol. The molecule has 0 radical (unpaired) electrons. The monoisotopic (exact) mass is 127 g/mol. The third-order valence-corrected chi connectivity index (χ3v) is 0.282. The van der Waals surface area contributed by atoms with Crippen molar-refractivity contribution in [3.63, 3.8) is 0 Å². The largest absolute Gasteiger partial charge is 1.00 e. The molecule has 2 N–H and O–H groups in total. The van der Waals surface area contributed by atoms with Crippen LogP contribution in [-0.2, 0) is 4.74 Å². The molecule has 0 saturated heterocycles. The minimum absolute atomic E-state index is 0. The van der Waals surface area contributed by atoms with Crippen molar-refractivity contribution in [3.8, 4) is 0 Å². The molecule has 1 unspecified atom stereocenters. The zero-order valence-corrected chi connectivity index (χ0v) is 6.88. The molecule has 0 aromatic rings. The van der Waals surface area contributed by atoms with E-state index in [0.717, 1.165) is 0 Å². The van der Waals surface area contributed by atoms with E-state index in [1.807, 2.05) is 0 Å². The molecule has 0 bridgehead atoms. The predicted octanol–water partition coefficient (Wildman–Crippen LogP) is -4.34. The summed E-state index contributed by atoms with van der Waals surface area (Å²) in [6, 6.07) is 0. The van der Waals surface area contributed by atoms with Crippen LogP contribution in [0.15, 0.2) is 0 Å². The maximum Gasteiger partial charge on any atom is 1.00 e. The summed E-state index contributed by atoms with van der Waals surface area (Å²) in [5, 5.41) is 9.40. The van der Waals surface area contributed by atoms with Crippen molar-refractivity contribution in [1.82, 2.24) is 0 Å². The molecule has 0 aliphatic heterocycles. The fourth-order valence-corrected chi connectivity index (χ4v) is 0.152. The number of carbonyl (C=O) groups excluding carboxylic acids is 1. The maximum atomic E-state index is 9.40. The third-order valence-electron chi connectivity index (χ3n) is 0.282. The van der Waals surface area contributed by atoms with Crippen molar-refractivity contribution in [1.29, 1.82) is 0 Å². The zero-order valence-electron chi connectivity index (χ0n) is 4.88. The Bertz CT molecular complexity index is 74.9. The average Bonchev–Trinajstić information content (AvgIpc) is 1.27. The summed E-state index contributed by atoms with van der Waals surface area (Å²) in [4.78, 5) is 9.40. The summed E-state index contributed by atoms with van der Waals surface area (Å²) in [5.74, 6) is 0. The molecule has 0 aromatic carbocycles. The Hall–Kier alpha value is 0.230. The van der Waals surface area contributed by atoms with Crippen LogP contribution in [0.3, 0.4) is 0 Å². The fourth-order valence-electron chi connectivity index (χ4n) is 0.152. The topological polar surface area (TPSA) is 75.4 Å². The Kier molecular flexibility index (Phi) is 7.44. The number of hydrogen-bond donors (Lipinski definition) is 1. The SMILES string of the molecule is CC(N)OC(=O)[O-].[Na+]. The van der Waals surface area contributed by atoms with Crippen LogP contribution in [-0.4, -0.2) is 12.4 Å². The Morgan fingerprint density at radius 2 is 2.25 bits per heavy atom. The molecule has 0 saturated carbocycles. The van der Waals surface area contributed by atoms with E-state index in [9.17, 15) is 9.90 Å². The second-order valence-corrected chi connectivity index (χ2v) is 1.07. The number of rotatable bonds is 1. The van der Waals surface area contributed by atoms with Gasteiger partial charge in [-0.3, -0.25) is 0 Å². The first-order chi connectivity index (χ1) is 3.13. The van der Waals surface area contributed by atoms with E-state index in [2.05, 4.69) is 4.74 Å². The Balaban J connectivity index is 0. The number of ether oxygens (including phenoxy) is 1. The van der Waals surface area contributed by atoms with Crippen LogP contribution >= 0.6 is 0 Å². The molecule has 1 atom stereocenters. The van der Waals surface area contributed by atoms with Gasteiger partial charge in [0, 0.05) is 0 Å². The van der Waals surface area contributed by atoms with Crippen LogP contribution in [0.1, 0.15) is 6.92 Å². The van der Waals surface area contributed by atoms with E-state index in [1.54, 1.807) is 0 Å². The van der Waals surface area contributed by atoms with Crippen LogP contribution in [0.25, 0.3) is 0 Å². The van der Waals surface area contributed by atoms with Gasteiger partial charge in [0.15, 0.2) is 0 Å². The number of carboxylic acid groups (broad SMARTS) is 1. The first kappa shape index (κ1) is 11.1. The molecule has 4 nitrogen and oxygen atoms in total. The van der Waals surface area contributed by atoms with Gasteiger partial charge in [-0.2, -0.15) is 0 Å². The van der Waals surface area contributed by atoms with Gasteiger partial charge in [-0.05, 0) is 6.92 Å². The molecule has 0 aliphatic carbocycles. The molecule has 0 aliphatic rings. The standard InChI is InChI=1S/C3H7NO3.Na/c1-2(4)7-3(5)6;/h2H,4H2,1H3,(H,5,6);/q;+1/p-1. The van der Waals surface area contributed by atoms with Gasteiger partial charge in [0.25, 0.3) is 6.16 Å². The van der Waals surface area contributed by atoms with Crippen LogP contribution in [0, 0.1) is 0 Å². The Labute approximate surface area is 69.3 Å². The summed E-state index contributed by atoms with van der Waals surface area (Å²) in [6.07, 6.45) is -2.38. The van der Waals surface area contributed by atoms with E-state index >= 15 is 0 Å². The first-order valence-corrected chi connectivity index (χ1v) is 1.76. The summed E-state index contributed by atoms with van der Waals surface area (Å²) < 4.78 is 3.83. The van der Waals surface area contributed by atoms with Gasteiger partial charge in [0.2, 0.25) is 0 Å². The van der Waals surface area contributed by atoms with Gasteiger partial charge < -0.3 is 20.4 Å². The number of hydrogen-bond acceptors (Lipinski definition) is 4. The van der Waals surface area contributed by atoms with E-state index in [0.29, 0.717) is 0 Å². The van der Waals surface area contributed by atoms with Crippen LogP contribution in [0.4, 0.5) is 4.79 Å². The Morgan fingerprint density at radius 3 is 2.25 bits per heavy atom. The summed E-state index contributed by atoms with van der Waals surface area (Å²) >= 11 is 0.